The first-order valence-corrected chi connectivity index (χ1v) is 13.0. The molecule has 0 heterocycles. The van der Waals surface area contributed by atoms with Crippen LogP contribution in [-0.2, 0) is 0 Å². The second-order valence-electron chi connectivity index (χ2n) is 2.74. The molecule has 0 aromatic rings. The highest BCUT2D eigenvalue weighted by atomic mass is 80.0. The molecule has 108 valence electrons. The largest absolute Gasteiger partial charge is 0.159 e. The molecular weight excluding hydrogens is 1030 g/mol. The molecule has 0 aromatic carbocycles. The van der Waals surface area contributed by atoms with E-state index in [0.717, 1.165) is 11.1 Å². The molecule has 0 aliphatic heterocycles. The molecular formula is C6Br12. The molecule has 0 spiro atoms. The SMILES string of the molecule is BrC(Br)(Br)C(=C(C(Br)(Br)Br)C(Br)(Br)Br)C(Br)(Br)Br. The number of alkyl halides is 12. The molecule has 0 radical (unpaired) electrons. The average molecular weight is 1030 g/mol. The van der Waals surface area contributed by atoms with Gasteiger partial charge in [-0.2, -0.15) is 0 Å². The molecule has 0 nitrogen and oxygen atoms in total. The molecule has 0 bridgehead atoms. The van der Waals surface area contributed by atoms with Gasteiger partial charge < -0.3 is 0 Å². The summed E-state index contributed by atoms with van der Waals surface area (Å²) in [5.41, 5.74) is 1.68. The zero-order valence-electron chi connectivity index (χ0n) is 7.54. The van der Waals surface area contributed by atoms with Gasteiger partial charge in [-0.25, -0.2) is 0 Å². The van der Waals surface area contributed by atoms with E-state index in [1.54, 1.807) is 0 Å². The van der Waals surface area contributed by atoms with Crippen LogP contribution in [0.5, 0.6) is 0 Å². The smallest absolute Gasteiger partial charge is 0.0548 e. The summed E-state index contributed by atoms with van der Waals surface area (Å²) in [5.74, 6) is 0. The van der Waals surface area contributed by atoms with Crippen LogP contribution in [0.1, 0.15) is 0 Å². The highest BCUT2D eigenvalue weighted by Gasteiger charge is 2.49. The molecule has 0 atom stereocenters. The predicted molar refractivity (Wildman–Crippen MR) is 125 cm³/mol. The molecule has 0 aliphatic carbocycles. The predicted octanol–water partition coefficient (Wildman–Crippen LogP) is 9.64. The van der Waals surface area contributed by atoms with Crippen LogP contribution in [0.4, 0.5) is 0 Å². The van der Waals surface area contributed by atoms with E-state index in [-0.39, 0.29) is 0 Å². The van der Waals surface area contributed by atoms with E-state index in [0.29, 0.717) is 0 Å². The lowest BCUT2D eigenvalue weighted by Gasteiger charge is -2.35. The van der Waals surface area contributed by atoms with Crippen molar-refractivity contribution in [3.8, 4) is 0 Å². The topological polar surface area (TPSA) is 0 Å². The van der Waals surface area contributed by atoms with E-state index in [4.69, 9.17) is 0 Å². The lowest BCUT2D eigenvalue weighted by molar-refractivity contribution is 1.14. The number of hydrogen-bond acceptors (Lipinski definition) is 0. The van der Waals surface area contributed by atoms with Crippen LogP contribution in [0.15, 0.2) is 11.1 Å². The maximum absolute atomic E-state index is 3.53. The standard InChI is InChI=1S/C6Br12/c7-3(8,9)1(4(10,11)12)2(5(13,14)15)6(16,17)18. The van der Waals surface area contributed by atoms with Crippen molar-refractivity contribution in [3.63, 3.8) is 0 Å². The molecule has 0 N–H and O–H groups in total. The van der Waals surface area contributed by atoms with Gasteiger partial charge in [0.1, 0.15) is 0 Å². The van der Waals surface area contributed by atoms with Crippen molar-refractivity contribution >= 4 is 191 Å². The van der Waals surface area contributed by atoms with Gasteiger partial charge in [0, 0.05) is 11.1 Å². The third-order valence-electron chi connectivity index (χ3n) is 1.38. The summed E-state index contributed by atoms with van der Waals surface area (Å²) in [4.78, 5) is 0. The van der Waals surface area contributed by atoms with Gasteiger partial charge in [-0.3, -0.25) is 0 Å². The van der Waals surface area contributed by atoms with E-state index in [2.05, 4.69) is 191 Å². The Kier molecular flexibility index (Phi) is 10.8. The van der Waals surface area contributed by atoms with Crippen molar-refractivity contribution in [2.75, 3.05) is 0 Å². The first-order chi connectivity index (χ1) is 7.49. The first-order valence-electron chi connectivity index (χ1n) is 3.52. The Morgan fingerprint density at radius 3 is 0.500 bits per heavy atom. The van der Waals surface area contributed by atoms with Gasteiger partial charge in [0.05, 0.1) is 0 Å². The second kappa shape index (κ2) is 8.25. The van der Waals surface area contributed by atoms with E-state index < -0.39 is 8.57 Å². The average Bonchev–Trinajstić information content (AvgIpc) is 1.89. The van der Waals surface area contributed by atoms with Crippen LogP contribution < -0.4 is 0 Å². The molecule has 0 fully saturated rings. The third-order valence-corrected chi connectivity index (χ3v) is 6.14. The minimum Gasteiger partial charge on any atom is -0.0548 e. The van der Waals surface area contributed by atoms with Gasteiger partial charge in [-0.1, -0.05) is 191 Å². The fraction of sp³-hybridized carbons (Fsp3) is 0.667. The Hall–Kier alpha value is 5.50. The van der Waals surface area contributed by atoms with E-state index in [1.807, 2.05) is 0 Å². The van der Waals surface area contributed by atoms with Crippen LogP contribution in [0, 0.1) is 0 Å². The highest BCUT2D eigenvalue weighted by Crippen LogP contribution is 2.63. The quantitative estimate of drug-likeness (QED) is 0.168. The van der Waals surface area contributed by atoms with Crippen LogP contribution in [-0.4, -0.2) is 8.57 Å². The Morgan fingerprint density at radius 1 is 0.333 bits per heavy atom. The molecule has 0 amide bonds. The molecule has 0 aromatic heterocycles. The van der Waals surface area contributed by atoms with Gasteiger partial charge in [-0.15, -0.1) is 0 Å². The lowest BCUT2D eigenvalue weighted by atomic mass is 10.2. The summed E-state index contributed by atoms with van der Waals surface area (Å²) in [6.07, 6.45) is 0. The summed E-state index contributed by atoms with van der Waals surface area (Å²) in [5, 5.41) is 0. The van der Waals surface area contributed by atoms with Crippen LogP contribution in [0.25, 0.3) is 0 Å². The summed E-state index contributed by atoms with van der Waals surface area (Å²) in [6, 6.07) is 0. The van der Waals surface area contributed by atoms with Crippen molar-refractivity contribution < 1.29 is 0 Å². The Morgan fingerprint density at radius 2 is 0.444 bits per heavy atom. The van der Waals surface area contributed by atoms with Crippen LogP contribution in [0.2, 0.25) is 0 Å². The van der Waals surface area contributed by atoms with Crippen LogP contribution in [0.3, 0.4) is 0 Å². The maximum Gasteiger partial charge on any atom is 0.159 e. The third kappa shape index (κ3) is 8.05. The Labute approximate surface area is 206 Å². The highest BCUT2D eigenvalue weighted by molar-refractivity contribution is 9.42. The van der Waals surface area contributed by atoms with Crippen molar-refractivity contribution in [1.29, 1.82) is 0 Å². The monoisotopic (exact) mass is 1020 g/mol. The van der Waals surface area contributed by atoms with Crippen molar-refractivity contribution in [2.45, 2.75) is 8.57 Å². The Balaban J connectivity index is 6.44. The first kappa shape index (κ1) is 23.5. The summed E-state index contributed by atoms with van der Waals surface area (Å²) in [7, 11) is 0. The minimum absolute atomic E-state index is 0.667. The normalized spacial score (nSPS) is 14.7. The fourth-order valence-electron chi connectivity index (χ4n) is 0.888. The van der Waals surface area contributed by atoms with Gasteiger partial charge in [-0.05, 0) is 0 Å². The Bertz CT molecular complexity index is 264. The zero-order valence-corrected chi connectivity index (χ0v) is 26.6. The van der Waals surface area contributed by atoms with Gasteiger partial charge >= 0.3 is 0 Å². The number of allylic oxidation sites excluding steroid dienone is 2. The number of hydrogen-bond donors (Lipinski definition) is 0. The molecule has 0 saturated heterocycles. The van der Waals surface area contributed by atoms with Crippen molar-refractivity contribution in [1.82, 2.24) is 0 Å². The van der Waals surface area contributed by atoms with Gasteiger partial charge in [0.15, 0.2) is 8.57 Å². The lowest BCUT2D eigenvalue weighted by Crippen LogP contribution is -2.30. The number of halogens is 12. The molecule has 18 heavy (non-hydrogen) atoms. The summed E-state index contributed by atoms with van der Waals surface area (Å²) in [6.45, 7) is 0. The molecule has 0 unspecified atom stereocenters. The van der Waals surface area contributed by atoms with Gasteiger partial charge in [0.25, 0.3) is 0 Å². The summed E-state index contributed by atoms with van der Waals surface area (Å²) >= 11 is 42.3. The molecule has 0 aliphatic rings. The zero-order chi connectivity index (χ0) is 15.2. The van der Waals surface area contributed by atoms with Gasteiger partial charge in [0.2, 0.25) is 0 Å². The molecule has 0 rings (SSSR count). The van der Waals surface area contributed by atoms with E-state index >= 15 is 0 Å². The maximum atomic E-state index is 3.53. The molecule has 0 saturated carbocycles. The van der Waals surface area contributed by atoms with Crippen LogP contribution >= 0.6 is 191 Å². The minimum atomic E-state index is -0.667. The van der Waals surface area contributed by atoms with Crippen molar-refractivity contribution in [3.05, 3.63) is 11.1 Å². The fourth-order valence-corrected chi connectivity index (χ4v) is 11.6. The second-order valence-corrected chi connectivity index (χ2v) is 29.8. The van der Waals surface area contributed by atoms with E-state index in [1.165, 1.54) is 0 Å². The summed E-state index contributed by atoms with van der Waals surface area (Å²) < 4.78 is -2.67. The van der Waals surface area contributed by atoms with Crippen molar-refractivity contribution in [2.24, 2.45) is 0 Å². The molecule has 12 heteroatoms. The number of rotatable bonds is 0. The van der Waals surface area contributed by atoms with E-state index in [9.17, 15) is 0 Å².